The Balaban J connectivity index is 3.20. The van der Waals surface area contributed by atoms with Crippen molar-refractivity contribution in [3.63, 3.8) is 0 Å². The molecule has 1 rings (SSSR count). The molecule has 0 bridgehead atoms. The molecule has 0 saturated heterocycles. The number of aromatic hydroxyl groups is 1. The van der Waals surface area contributed by atoms with Gasteiger partial charge in [-0.3, -0.25) is 4.90 Å². The number of rotatable bonds is 6. The van der Waals surface area contributed by atoms with Crippen molar-refractivity contribution in [1.82, 2.24) is 0 Å². The number of phenolic OH excluding ortho intramolecular Hbond substituents is 1. The summed E-state index contributed by atoms with van der Waals surface area (Å²) in [7, 11) is 1.67. The summed E-state index contributed by atoms with van der Waals surface area (Å²) in [5.41, 5.74) is 1.81. The molecule has 0 heterocycles. The molecule has 0 aliphatic heterocycles. The lowest BCUT2D eigenvalue weighted by Crippen LogP contribution is -2.34. The molecule has 0 spiro atoms. The van der Waals surface area contributed by atoms with Gasteiger partial charge in [0.1, 0.15) is 11.4 Å². The lowest BCUT2D eigenvalue weighted by Gasteiger charge is -2.26. The quantitative estimate of drug-likeness (QED) is 0.764. The number of hydrogen-bond acceptors (Lipinski definition) is 3. The van der Waals surface area contributed by atoms with Crippen LogP contribution in [-0.2, 0) is 17.6 Å². The van der Waals surface area contributed by atoms with E-state index in [0.717, 1.165) is 24.8 Å². The second-order valence-corrected chi connectivity index (χ2v) is 6.75. The second-order valence-electron chi connectivity index (χ2n) is 6.75. The number of nitrogens with zero attached hydrogens (tertiary/aromatic N) is 1. The molecule has 4 nitrogen and oxygen atoms in total. The molecule has 1 amide bonds. The Labute approximate surface area is 139 Å². The first-order chi connectivity index (χ1) is 10.7. The van der Waals surface area contributed by atoms with E-state index < -0.39 is 11.7 Å². The Morgan fingerprint density at radius 1 is 1.39 bits per heavy atom. The van der Waals surface area contributed by atoms with Crippen LogP contribution >= 0.6 is 0 Å². The molecule has 1 aromatic carbocycles. The van der Waals surface area contributed by atoms with Crippen LogP contribution in [-0.4, -0.2) is 23.8 Å². The maximum atomic E-state index is 12.3. The zero-order valence-electron chi connectivity index (χ0n) is 15.0. The summed E-state index contributed by atoms with van der Waals surface area (Å²) in [5.74, 6) is 0.198. The SMILES string of the molecule is C=CCc1c(O)cc(CCCC)cc1N(C)C(=O)OC(C)(C)C. The minimum Gasteiger partial charge on any atom is -0.508 e. The fraction of sp³-hybridized carbons (Fsp3) is 0.526. The number of aryl methyl sites for hydroxylation is 1. The van der Waals surface area contributed by atoms with Crippen LogP contribution in [0.15, 0.2) is 24.8 Å². The van der Waals surface area contributed by atoms with Gasteiger partial charge in [-0.15, -0.1) is 6.58 Å². The number of allylic oxidation sites excluding steroid dienone is 1. The highest BCUT2D eigenvalue weighted by molar-refractivity contribution is 5.89. The van der Waals surface area contributed by atoms with E-state index in [2.05, 4.69) is 13.5 Å². The molecule has 0 saturated carbocycles. The number of anilines is 1. The van der Waals surface area contributed by atoms with E-state index in [1.54, 1.807) is 19.2 Å². The molecule has 0 fully saturated rings. The number of carbonyl (C=O) groups is 1. The van der Waals surface area contributed by atoms with Gasteiger partial charge in [0.05, 0.1) is 5.69 Å². The number of phenols is 1. The van der Waals surface area contributed by atoms with Crippen LogP contribution in [0.25, 0.3) is 0 Å². The van der Waals surface area contributed by atoms with Crippen LogP contribution in [0.1, 0.15) is 51.7 Å². The first kappa shape index (κ1) is 19.1. The molecule has 0 radical (unpaired) electrons. The van der Waals surface area contributed by atoms with E-state index in [4.69, 9.17) is 4.74 Å². The fourth-order valence-electron chi connectivity index (χ4n) is 2.31. The molecule has 0 aliphatic carbocycles. The minimum atomic E-state index is -0.564. The van der Waals surface area contributed by atoms with Crippen LogP contribution in [0.5, 0.6) is 5.75 Å². The Kier molecular flexibility index (Phi) is 6.67. The van der Waals surface area contributed by atoms with Gasteiger partial charge in [0.25, 0.3) is 0 Å². The molecule has 0 unspecified atom stereocenters. The number of unbranched alkanes of at least 4 members (excludes halogenated alkanes) is 1. The maximum absolute atomic E-state index is 12.3. The van der Waals surface area contributed by atoms with Crippen LogP contribution in [0.2, 0.25) is 0 Å². The average molecular weight is 319 g/mol. The summed E-state index contributed by atoms with van der Waals surface area (Å²) in [5, 5.41) is 10.3. The van der Waals surface area contributed by atoms with E-state index in [1.165, 1.54) is 4.90 Å². The molecule has 128 valence electrons. The van der Waals surface area contributed by atoms with E-state index in [-0.39, 0.29) is 5.75 Å². The zero-order valence-corrected chi connectivity index (χ0v) is 15.0. The van der Waals surface area contributed by atoms with Gasteiger partial charge in [-0.05, 0) is 57.7 Å². The third-order valence-corrected chi connectivity index (χ3v) is 3.46. The molecular formula is C19H29NO3. The van der Waals surface area contributed by atoms with E-state index in [1.807, 2.05) is 26.8 Å². The van der Waals surface area contributed by atoms with Crippen molar-refractivity contribution in [3.8, 4) is 5.75 Å². The summed E-state index contributed by atoms with van der Waals surface area (Å²) in [6, 6.07) is 3.74. The van der Waals surface area contributed by atoms with Gasteiger partial charge < -0.3 is 9.84 Å². The van der Waals surface area contributed by atoms with Gasteiger partial charge in [-0.1, -0.05) is 19.4 Å². The molecule has 4 heteroatoms. The summed E-state index contributed by atoms with van der Waals surface area (Å²) in [6.45, 7) is 11.3. The molecule has 23 heavy (non-hydrogen) atoms. The standard InChI is InChI=1S/C19H29NO3/c1-7-9-11-14-12-16(15(10-8-2)17(21)13-14)20(6)18(22)23-19(3,4)5/h8,12-13,21H,2,7,9-11H2,1,3-6H3. The van der Waals surface area contributed by atoms with Crippen molar-refractivity contribution in [1.29, 1.82) is 0 Å². The van der Waals surface area contributed by atoms with Gasteiger partial charge >= 0.3 is 6.09 Å². The summed E-state index contributed by atoms with van der Waals surface area (Å²) in [4.78, 5) is 13.8. The van der Waals surface area contributed by atoms with Gasteiger partial charge in [0.15, 0.2) is 0 Å². The number of hydrogen-bond donors (Lipinski definition) is 1. The lowest BCUT2D eigenvalue weighted by atomic mass is 10.0. The molecule has 0 aromatic heterocycles. The van der Waals surface area contributed by atoms with Crippen molar-refractivity contribution >= 4 is 11.8 Å². The van der Waals surface area contributed by atoms with Crippen LogP contribution in [0, 0.1) is 0 Å². The van der Waals surface area contributed by atoms with E-state index in [9.17, 15) is 9.90 Å². The van der Waals surface area contributed by atoms with Crippen molar-refractivity contribution in [2.75, 3.05) is 11.9 Å². The highest BCUT2D eigenvalue weighted by atomic mass is 16.6. The normalized spacial score (nSPS) is 11.2. The third kappa shape index (κ3) is 5.62. The monoisotopic (exact) mass is 319 g/mol. The Morgan fingerprint density at radius 2 is 2.04 bits per heavy atom. The number of carbonyl (C=O) groups excluding carboxylic acids is 1. The van der Waals surface area contributed by atoms with Crippen LogP contribution in [0.3, 0.4) is 0 Å². The van der Waals surface area contributed by atoms with Gasteiger partial charge in [0.2, 0.25) is 0 Å². The smallest absolute Gasteiger partial charge is 0.414 e. The zero-order chi connectivity index (χ0) is 17.6. The minimum absolute atomic E-state index is 0.198. The van der Waals surface area contributed by atoms with Gasteiger partial charge in [-0.25, -0.2) is 4.79 Å². The Hall–Kier alpha value is -1.97. The molecular weight excluding hydrogens is 290 g/mol. The first-order valence-electron chi connectivity index (χ1n) is 8.12. The Bertz CT molecular complexity index is 558. The molecule has 1 N–H and O–H groups in total. The maximum Gasteiger partial charge on any atom is 0.414 e. The molecule has 0 aliphatic rings. The van der Waals surface area contributed by atoms with E-state index >= 15 is 0 Å². The Morgan fingerprint density at radius 3 is 2.57 bits per heavy atom. The van der Waals surface area contributed by atoms with Crippen molar-refractivity contribution in [2.45, 2.75) is 59.0 Å². The van der Waals surface area contributed by atoms with Gasteiger partial charge in [-0.2, -0.15) is 0 Å². The van der Waals surface area contributed by atoms with Crippen molar-refractivity contribution in [3.05, 3.63) is 35.9 Å². The predicted octanol–water partition coefficient (Wildman–Crippen LogP) is 4.83. The third-order valence-electron chi connectivity index (χ3n) is 3.46. The fourth-order valence-corrected chi connectivity index (χ4v) is 2.31. The largest absolute Gasteiger partial charge is 0.508 e. The van der Waals surface area contributed by atoms with Crippen molar-refractivity contribution in [2.24, 2.45) is 0 Å². The lowest BCUT2D eigenvalue weighted by molar-refractivity contribution is 0.0589. The second kappa shape index (κ2) is 8.04. The van der Waals surface area contributed by atoms with Crippen LogP contribution in [0.4, 0.5) is 10.5 Å². The first-order valence-corrected chi connectivity index (χ1v) is 8.12. The molecule has 1 aromatic rings. The average Bonchev–Trinajstić information content (AvgIpc) is 2.44. The predicted molar refractivity (Wildman–Crippen MR) is 95.3 cm³/mol. The summed E-state index contributed by atoms with van der Waals surface area (Å²) < 4.78 is 5.43. The summed E-state index contributed by atoms with van der Waals surface area (Å²) in [6.07, 6.45) is 4.75. The number of ether oxygens (including phenoxy) is 1. The number of amides is 1. The van der Waals surface area contributed by atoms with Crippen LogP contribution < -0.4 is 4.90 Å². The highest BCUT2D eigenvalue weighted by Crippen LogP contribution is 2.32. The van der Waals surface area contributed by atoms with Crippen molar-refractivity contribution < 1.29 is 14.6 Å². The topological polar surface area (TPSA) is 49.8 Å². The molecule has 0 atom stereocenters. The van der Waals surface area contributed by atoms with E-state index in [0.29, 0.717) is 17.7 Å². The highest BCUT2D eigenvalue weighted by Gasteiger charge is 2.23. The van der Waals surface area contributed by atoms with Gasteiger partial charge in [0, 0.05) is 12.6 Å². The summed E-state index contributed by atoms with van der Waals surface area (Å²) >= 11 is 0. The number of benzene rings is 1.